The second-order valence-electron chi connectivity index (χ2n) is 4.07. The monoisotopic (exact) mass is 277 g/mol. The normalized spacial score (nSPS) is 10.2. The minimum absolute atomic E-state index is 0.0426. The minimum Gasteiger partial charge on any atom is -0.457 e. The molecule has 0 aromatic heterocycles. The molecular formula is C14H12ClNO3. The summed E-state index contributed by atoms with van der Waals surface area (Å²) in [5, 5.41) is 10.5. The summed E-state index contributed by atoms with van der Waals surface area (Å²) in [5.41, 5.74) is 2.15. The third-order valence-corrected chi connectivity index (χ3v) is 3.03. The second kappa shape index (κ2) is 5.71. The van der Waals surface area contributed by atoms with Crippen molar-refractivity contribution in [1.82, 2.24) is 0 Å². The fraction of sp³-hybridized carbons (Fsp3) is 0.143. The molecule has 0 aliphatic heterocycles. The molecule has 0 saturated carbocycles. The van der Waals surface area contributed by atoms with E-state index < -0.39 is 4.92 Å². The topological polar surface area (TPSA) is 52.4 Å². The molecule has 0 radical (unpaired) electrons. The molecule has 0 saturated heterocycles. The number of nitrogens with zero attached hydrogens (tertiary/aromatic N) is 1. The maximum Gasteiger partial charge on any atom is 0.269 e. The Morgan fingerprint density at radius 3 is 2.32 bits per heavy atom. The van der Waals surface area contributed by atoms with Gasteiger partial charge in [0, 0.05) is 18.0 Å². The van der Waals surface area contributed by atoms with Gasteiger partial charge in [0.15, 0.2) is 0 Å². The van der Waals surface area contributed by atoms with Gasteiger partial charge in [0.25, 0.3) is 5.69 Å². The van der Waals surface area contributed by atoms with Crippen LogP contribution in [0.5, 0.6) is 11.5 Å². The van der Waals surface area contributed by atoms with Crippen molar-refractivity contribution in [2.75, 3.05) is 0 Å². The number of ether oxygens (including phenoxy) is 1. The van der Waals surface area contributed by atoms with E-state index in [0.29, 0.717) is 17.4 Å². The number of non-ortho nitro benzene ring substituents is 1. The van der Waals surface area contributed by atoms with Gasteiger partial charge in [-0.05, 0) is 42.3 Å². The van der Waals surface area contributed by atoms with Gasteiger partial charge in [0.2, 0.25) is 0 Å². The summed E-state index contributed by atoms with van der Waals surface area (Å²) in [6.45, 7) is 1.96. The summed E-state index contributed by atoms with van der Waals surface area (Å²) in [5.74, 6) is 1.70. The van der Waals surface area contributed by atoms with Gasteiger partial charge in [0.05, 0.1) is 4.92 Å². The lowest BCUT2D eigenvalue weighted by molar-refractivity contribution is -0.384. The number of alkyl halides is 1. The zero-order valence-corrected chi connectivity index (χ0v) is 11.1. The maximum absolute atomic E-state index is 10.5. The molecule has 2 rings (SSSR count). The quantitative estimate of drug-likeness (QED) is 0.472. The fourth-order valence-electron chi connectivity index (χ4n) is 1.65. The van der Waals surface area contributed by atoms with Gasteiger partial charge >= 0.3 is 0 Å². The molecule has 0 aliphatic rings. The molecule has 0 spiro atoms. The van der Waals surface area contributed by atoms with E-state index in [1.807, 2.05) is 25.1 Å². The first kappa shape index (κ1) is 13.4. The zero-order chi connectivity index (χ0) is 13.8. The van der Waals surface area contributed by atoms with E-state index >= 15 is 0 Å². The smallest absolute Gasteiger partial charge is 0.269 e. The predicted octanol–water partition coefficient (Wildman–Crippen LogP) is 4.43. The Hall–Kier alpha value is -2.07. The van der Waals surface area contributed by atoms with Crippen LogP contribution in [0.15, 0.2) is 42.5 Å². The van der Waals surface area contributed by atoms with E-state index in [1.165, 1.54) is 12.1 Å². The van der Waals surface area contributed by atoms with Gasteiger partial charge in [-0.15, -0.1) is 11.6 Å². The number of hydrogen-bond acceptors (Lipinski definition) is 3. The molecule has 0 fully saturated rings. The number of hydrogen-bond donors (Lipinski definition) is 0. The average molecular weight is 278 g/mol. The summed E-state index contributed by atoms with van der Waals surface area (Å²) in [6, 6.07) is 11.6. The minimum atomic E-state index is -0.441. The first-order chi connectivity index (χ1) is 9.10. The molecule has 0 bridgehead atoms. The van der Waals surface area contributed by atoms with Crippen LogP contribution in [0.25, 0.3) is 0 Å². The lowest BCUT2D eigenvalue weighted by Gasteiger charge is -2.08. The molecule has 2 aromatic carbocycles. The van der Waals surface area contributed by atoms with Crippen molar-refractivity contribution >= 4 is 17.3 Å². The summed E-state index contributed by atoms with van der Waals surface area (Å²) >= 11 is 5.79. The number of nitro benzene ring substituents is 1. The van der Waals surface area contributed by atoms with Crippen molar-refractivity contribution in [2.24, 2.45) is 0 Å². The van der Waals surface area contributed by atoms with Crippen LogP contribution in [-0.4, -0.2) is 4.92 Å². The van der Waals surface area contributed by atoms with Gasteiger partial charge in [-0.25, -0.2) is 0 Å². The first-order valence-electron chi connectivity index (χ1n) is 5.68. The Morgan fingerprint density at radius 2 is 1.79 bits per heavy atom. The highest BCUT2D eigenvalue weighted by atomic mass is 35.5. The maximum atomic E-state index is 10.5. The average Bonchev–Trinajstić information content (AvgIpc) is 2.39. The summed E-state index contributed by atoms with van der Waals surface area (Å²) in [7, 11) is 0. The van der Waals surface area contributed by atoms with Gasteiger partial charge < -0.3 is 4.74 Å². The van der Waals surface area contributed by atoms with Crippen LogP contribution in [0.1, 0.15) is 11.1 Å². The van der Waals surface area contributed by atoms with Gasteiger partial charge in [-0.2, -0.15) is 0 Å². The second-order valence-corrected chi connectivity index (χ2v) is 4.34. The van der Waals surface area contributed by atoms with E-state index in [9.17, 15) is 10.1 Å². The van der Waals surface area contributed by atoms with Crippen molar-refractivity contribution in [2.45, 2.75) is 12.8 Å². The predicted molar refractivity (Wildman–Crippen MR) is 73.9 cm³/mol. The molecule has 0 unspecified atom stereocenters. The number of aryl methyl sites for hydroxylation is 1. The van der Waals surface area contributed by atoms with Crippen LogP contribution in [-0.2, 0) is 5.88 Å². The van der Waals surface area contributed by atoms with Crippen LogP contribution in [0.3, 0.4) is 0 Å². The highest BCUT2D eigenvalue weighted by Gasteiger charge is 2.06. The highest BCUT2D eigenvalue weighted by molar-refractivity contribution is 6.17. The molecule has 0 atom stereocenters. The van der Waals surface area contributed by atoms with Crippen LogP contribution in [0.4, 0.5) is 5.69 Å². The Bertz CT molecular complexity index is 596. The third kappa shape index (κ3) is 3.23. The zero-order valence-electron chi connectivity index (χ0n) is 10.3. The van der Waals surface area contributed by atoms with Crippen molar-refractivity contribution < 1.29 is 9.66 Å². The van der Waals surface area contributed by atoms with Crippen molar-refractivity contribution in [1.29, 1.82) is 0 Å². The van der Waals surface area contributed by atoms with E-state index in [-0.39, 0.29) is 5.69 Å². The summed E-state index contributed by atoms with van der Waals surface area (Å²) in [4.78, 5) is 10.1. The van der Waals surface area contributed by atoms with Crippen molar-refractivity contribution in [3.63, 3.8) is 0 Å². The lowest BCUT2D eigenvalue weighted by Crippen LogP contribution is -1.90. The van der Waals surface area contributed by atoms with Crippen LogP contribution >= 0.6 is 11.6 Å². The van der Waals surface area contributed by atoms with Crippen LogP contribution in [0, 0.1) is 17.0 Å². The van der Waals surface area contributed by atoms with Gasteiger partial charge in [-0.3, -0.25) is 10.1 Å². The van der Waals surface area contributed by atoms with Crippen molar-refractivity contribution in [3.05, 3.63) is 63.7 Å². The Labute approximate surface area is 115 Å². The first-order valence-corrected chi connectivity index (χ1v) is 6.21. The van der Waals surface area contributed by atoms with Crippen LogP contribution < -0.4 is 4.74 Å². The van der Waals surface area contributed by atoms with E-state index in [4.69, 9.17) is 16.3 Å². The van der Waals surface area contributed by atoms with Gasteiger partial charge in [0.1, 0.15) is 11.5 Å². The summed E-state index contributed by atoms with van der Waals surface area (Å²) < 4.78 is 5.63. The molecule has 0 heterocycles. The highest BCUT2D eigenvalue weighted by Crippen LogP contribution is 2.26. The van der Waals surface area contributed by atoms with E-state index in [2.05, 4.69) is 0 Å². The molecular weight excluding hydrogens is 266 g/mol. The summed E-state index contributed by atoms with van der Waals surface area (Å²) in [6.07, 6.45) is 0. The third-order valence-electron chi connectivity index (χ3n) is 2.74. The molecule has 98 valence electrons. The van der Waals surface area contributed by atoms with E-state index in [0.717, 1.165) is 11.1 Å². The lowest BCUT2D eigenvalue weighted by atomic mass is 10.1. The van der Waals surface area contributed by atoms with Gasteiger partial charge in [-0.1, -0.05) is 6.07 Å². The molecule has 5 heteroatoms. The number of nitro groups is 1. The van der Waals surface area contributed by atoms with Crippen molar-refractivity contribution in [3.8, 4) is 11.5 Å². The number of halogens is 1. The Balaban J connectivity index is 2.16. The molecule has 4 nitrogen and oxygen atoms in total. The molecule has 0 aliphatic carbocycles. The molecule has 0 N–H and O–H groups in total. The molecule has 19 heavy (non-hydrogen) atoms. The number of rotatable bonds is 4. The largest absolute Gasteiger partial charge is 0.457 e. The Morgan fingerprint density at radius 1 is 1.16 bits per heavy atom. The van der Waals surface area contributed by atoms with Crippen LogP contribution in [0.2, 0.25) is 0 Å². The Kier molecular flexibility index (Phi) is 4.02. The SMILES string of the molecule is Cc1cc(Oc2ccc([N+](=O)[O-])cc2)ccc1CCl. The van der Waals surface area contributed by atoms with E-state index in [1.54, 1.807) is 12.1 Å². The molecule has 0 amide bonds. The molecule has 2 aromatic rings. The fourth-order valence-corrected chi connectivity index (χ4v) is 1.95. The number of benzene rings is 2. The standard InChI is InChI=1S/C14H12ClNO3/c1-10-8-14(5-2-11(10)9-15)19-13-6-3-12(4-7-13)16(17)18/h2-8H,9H2,1H3.